The Bertz CT molecular complexity index is 999. The predicted octanol–water partition coefficient (Wildman–Crippen LogP) is 6.38. The molecule has 1 aliphatic rings. The summed E-state index contributed by atoms with van der Waals surface area (Å²) in [6.45, 7) is 9.21. The van der Waals surface area contributed by atoms with E-state index in [4.69, 9.17) is 5.10 Å². The minimum atomic E-state index is 0.121. The van der Waals surface area contributed by atoms with Crippen molar-refractivity contribution in [1.82, 2.24) is 9.78 Å². The van der Waals surface area contributed by atoms with E-state index in [9.17, 15) is 4.79 Å². The smallest absolute Gasteiger partial charge is 0.184 e. The van der Waals surface area contributed by atoms with Crippen LogP contribution in [0.25, 0.3) is 11.3 Å². The highest BCUT2D eigenvalue weighted by Gasteiger charge is 2.34. The van der Waals surface area contributed by atoms with Crippen molar-refractivity contribution < 1.29 is 4.79 Å². The van der Waals surface area contributed by atoms with Gasteiger partial charge in [0, 0.05) is 28.3 Å². The first-order chi connectivity index (χ1) is 14.0. The quantitative estimate of drug-likeness (QED) is 0.477. The SMILES string of the molecule is Cc1ccc(C(=O)Cn2nc(-c3ccccc3)c3c2[C@H](C(C)C)CC[C@H]3C)cc1. The van der Waals surface area contributed by atoms with Crippen LogP contribution in [-0.2, 0) is 6.54 Å². The molecule has 2 aromatic carbocycles. The molecule has 0 saturated carbocycles. The number of aryl methyl sites for hydroxylation is 1. The first kappa shape index (κ1) is 19.6. The van der Waals surface area contributed by atoms with Gasteiger partial charge in [0.05, 0.1) is 5.69 Å². The fraction of sp³-hybridized carbons (Fsp3) is 0.385. The number of rotatable bonds is 5. The lowest BCUT2D eigenvalue weighted by Gasteiger charge is -2.31. The topological polar surface area (TPSA) is 34.9 Å². The van der Waals surface area contributed by atoms with Gasteiger partial charge >= 0.3 is 0 Å². The fourth-order valence-electron chi connectivity index (χ4n) is 4.62. The maximum absolute atomic E-state index is 13.1. The number of carbonyl (C=O) groups excluding carboxylic acids is 1. The van der Waals surface area contributed by atoms with Crippen molar-refractivity contribution in [1.29, 1.82) is 0 Å². The van der Waals surface area contributed by atoms with Gasteiger partial charge in [0.25, 0.3) is 0 Å². The third kappa shape index (κ3) is 3.78. The summed E-state index contributed by atoms with van der Waals surface area (Å²) in [7, 11) is 0. The summed E-state index contributed by atoms with van der Waals surface area (Å²) in [6, 6.07) is 18.3. The Morgan fingerprint density at radius 2 is 1.76 bits per heavy atom. The first-order valence-electron chi connectivity index (χ1n) is 10.7. The molecule has 3 heteroatoms. The number of nitrogens with zero attached hydrogens (tertiary/aromatic N) is 2. The zero-order valence-electron chi connectivity index (χ0n) is 17.9. The molecule has 0 fully saturated rings. The molecule has 4 rings (SSSR count). The molecule has 0 aliphatic heterocycles. The minimum absolute atomic E-state index is 0.121. The molecular weight excluding hydrogens is 356 g/mol. The van der Waals surface area contributed by atoms with Crippen LogP contribution >= 0.6 is 0 Å². The number of fused-ring (bicyclic) bond motifs is 1. The van der Waals surface area contributed by atoms with E-state index in [0.717, 1.165) is 28.8 Å². The highest BCUT2D eigenvalue weighted by molar-refractivity contribution is 5.96. The maximum atomic E-state index is 13.1. The molecule has 3 nitrogen and oxygen atoms in total. The van der Waals surface area contributed by atoms with Crippen molar-refractivity contribution in [2.75, 3.05) is 0 Å². The molecule has 0 radical (unpaired) electrons. The first-order valence-corrected chi connectivity index (χ1v) is 10.7. The molecule has 0 amide bonds. The van der Waals surface area contributed by atoms with Crippen LogP contribution in [0.15, 0.2) is 54.6 Å². The van der Waals surface area contributed by atoms with Gasteiger partial charge in [-0.1, -0.05) is 80.9 Å². The number of ketones is 1. The Labute approximate surface area is 173 Å². The second kappa shape index (κ2) is 7.98. The lowest BCUT2D eigenvalue weighted by atomic mass is 9.75. The third-order valence-electron chi connectivity index (χ3n) is 6.30. The molecule has 29 heavy (non-hydrogen) atoms. The van der Waals surface area contributed by atoms with E-state index >= 15 is 0 Å². The van der Waals surface area contributed by atoms with Gasteiger partial charge in [0.1, 0.15) is 6.54 Å². The normalized spacial score (nSPS) is 18.7. The van der Waals surface area contributed by atoms with Crippen LogP contribution in [0.5, 0.6) is 0 Å². The molecule has 0 unspecified atom stereocenters. The van der Waals surface area contributed by atoms with Gasteiger partial charge < -0.3 is 0 Å². The van der Waals surface area contributed by atoms with Crippen molar-refractivity contribution >= 4 is 5.78 Å². The Kier molecular flexibility index (Phi) is 5.40. The molecule has 0 saturated heterocycles. The van der Waals surface area contributed by atoms with E-state index in [-0.39, 0.29) is 5.78 Å². The molecule has 0 N–H and O–H groups in total. The van der Waals surface area contributed by atoms with E-state index in [2.05, 4.69) is 45.0 Å². The van der Waals surface area contributed by atoms with Crippen LogP contribution in [0.1, 0.15) is 72.6 Å². The van der Waals surface area contributed by atoms with Crippen LogP contribution in [0.3, 0.4) is 0 Å². The Hall–Kier alpha value is -2.68. The minimum Gasteiger partial charge on any atom is -0.292 e. The molecule has 0 bridgehead atoms. The summed E-state index contributed by atoms with van der Waals surface area (Å²) in [5.41, 5.74) is 6.73. The van der Waals surface area contributed by atoms with Gasteiger partial charge in [-0.25, -0.2) is 0 Å². The predicted molar refractivity (Wildman–Crippen MR) is 118 cm³/mol. The van der Waals surface area contributed by atoms with E-state index in [1.54, 1.807) is 0 Å². The van der Waals surface area contributed by atoms with Crippen molar-refractivity contribution in [3.8, 4) is 11.3 Å². The van der Waals surface area contributed by atoms with Gasteiger partial charge in [-0.15, -0.1) is 0 Å². The lowest BCUT2D eigenvalue weighted by Crippen LogP contribution is -2.22. The zero-order chi connectivity index (χ0) is 20.5. The van der Waals surface area contributed by atoms with Gasteiger partial charge in [0.2, 0.25) is 0 Å². The molecule has 3 aromatic rings. The van der Waals surface area contributed by atoms with E-state index in [0.29, 0.717) is 24.3 Å². The van der Waals surface area contributed by atoms with Crippen LogP contribution in [0.4, 0.5) is 0 Å². The molecule has 150 valence electrons. The summed E-state index contributed by atoms with van der Waals surface area (Å²) in [6.07, 6.45) is 2.33. The average Bonchev–Trinajstić information content (AvgIpc) is 3.09. The number of aromatic nitrogens is 2. The summed E-state index contributed by atoms with van der Waals surface area (Å²) in [4.78, 5) is 13.1. The molecule has 1 aromatic heterocycles. The van der Waals surface area contributed by atoms with Crippen LogP contribution in [0.2, 0.25) is 0 Å². The van der Waals surface area contributed by atoms with Crippen molar-refractivity contribution in [2.45, 2.75) is 58.9 Å². The van der Waals surface area contributed by atoms with E-state index in [1.807, 2.05) is 41.9 Å². The van der Waals surface area contributed by atoms with Crippen LogP contribution < -0.4 is 0 Å². The largest absolute Gasteiger partial charge is 0.292 e. The molecule has 1 aliphatic carbocycles. The van der Waals surface area contributed by atoms with Crippen molar-refractivity contribution in [2.24, 2.45) is 5.92 Å². The van der Waals surface area contributed by atoms with Crippen LogP contribution in [-0.4, -0.2) is 15.6 Å². The molecule has 0 spiro atoms. The molecule has 2 atom stereocenters. The van der Waals surface area contributed by atoms with Crippen molar-refractivity contribution in [3.05, 3.63) is 77.0 Å². The van der Waals surface area contributed by atoms with Crippen LogP contribution in [0, 0.1) is 12.8 Å². The highest BCUT2D eigenvalue weighted by Crippen LogP contribution is 2.46. The second-order valence-corrected chi connectivity index (χ2v) is 8.79. The maximum Gasteiger partial charge on any atom is 0.184 e. The fourth-order valence-corrected chi connectivity index (χ4v) is 4.62. The highest BCUT2D eigenvalue weighted by atomic mass is 16.1. The number of benzene rings is 2. The van der Waals surface area contributed by atoms with Gasteiger partial charge in [-0.05, 0) is 31.6 Å². The number of carbonyl (C=O) groups is 1. The molecular formula is C26H30N2O. The Balaban J connectivity index is 1.81. The van der Waals surface area contributed by atoms with Gasteiger partial charge in [-0.3, -0.25) is 9.48 Å². The van der Waals surface area contributed by atoms with Gasteiger partial charge in [-0.2, -0.15) is 5.10 Å². The second-order valence-electron chi connectivity index (χ2n) is 8.79. The third-order valence-corrected chi connectivity index (χ3v) is 6.30. The Morgan fingerprint density at radius 3 is 2.41 bits per heavy atom. The number of hydrogen-bond donors (Lipinski definition) is 0. The summed E-state index contributed by atoms with van der Waals surface area (Å²) in [5.74, 6) is 1.54. The monoisotopic (exact) mass is 386 g/mol. The standard InChI is InChI=1S/C26H30N2O/c1-17(2)22-15-12-19(4)24-25(21-8-6-5-7-9-21)27-28(26(22)24)16-23(29)20-13-10-18(3)11-14-20/h5-11,13-14,17,19,22H,12,15-16H2,1-4H3/t19-,22+/m1/s1. The van der Waals surface area contributed by atoms with E-state index in [1.165, 1.54) is 17.7 Å². The summed E-state index contributed by atoms with van der Waals surface area (Å²) >= 11 is 0. The summed E-state index contributed by atoms with van der Waals surface area (Å²) in [5, 5.41) is 5.02. The number of hydrogen-bond acceptors (Lipinski definition) is 2. The summed E-state index contributed by atoms with van der Waals surface area (Å²) < 4.78 is 2.01. The number of Topliss-reactive ketones (excluding diaryl/α,β-unsaturated/α-hetero) is 1. The van der Waals surface area contributed by atoms with Crippen molar-refractivity contribution in [3.63, 3.8) is 0 Å². The average molecular weight is 387 g/mol. The Morgan fingerprint density at radius 1 is 1.07 bits per heavy atom. The zero-order valence-corrected chi connectivity index (χ0v) is 17.9. The lowest BCUT2D eigenvalue weighted by molar-refractivity contribution is 0.0965. The molecule has 1 heterocycles. The van der Waals surface area contributed by atoms with E-state index < -0.39 is 0 Å². The van der Waals surface area contributed by atoms with Gasteiger partial charge in [0.15, 0.2) is 5.78 Å².